The molecule has 1 aromatic rings. The van der Waals surface area contributed by atoms with Crippen LogP contribution in [0.25, 0.3) is 0 Å². The van der Waals surface area contributed by atoms with Crippen LogP contribution in [0.4, 0.5) is 0 Å². The van der Waals surface area contributed by atoms with Gasteiger partial charge in [-0.3, -0.25) is 0 Å². The molecule has 0 unspecified atom stereocenters. The van der Waals surface area contributed by atoms with Gasteiger partial charge in [-0.05, 0) is 56.7 Å². The topological polar surface area (TPSA) is 30.5 Å². The molecule has 0 amide bonds. The van der Waals surface area contributed by atoms with E-state index in [4.69, 9.17) is 9.47 Å². The summed E-state index contributed by atoms with van der Waals surface area (Å²) >= 11 is 0. The standard InChI is InChI=1S/C18H29NO2/c1-3-13-19-15-18(10-7-11-18)12-14-21-17-9-6-5-8-16(17)20-4-2/h5-6,8-9,19H,3-4,7,10-15H2,1-2H3. The second kappa shape index (κ2) is 8.28. The number of hydrogen-bond acceptors (Lipinski definition) is 3. The van der Waals surface area contributed by atoms with Crippen LogP contribution in [0.2, 0.25) is 0 Å². The zero-order chi connectivity index (χ0) is 15.0. The van der Waals surface area contributed by atoms with E-state index >= 15 is 0 Å². The third-order valence-electron chi connectivity index (χ3n) is 4.38. The second-order valence-electron chi connectivity index (χ2n) is 6.01. The van der Waals surface area contributed by atoms with Crippen LogP contribution in [-0.4, -0.2) is 26.3 Å². The molecular formula is C18H29NO2. The smallest absolute Gasteiger partial charge is 0.161 e. The minimum atomic E-state index is 0.468. The van der Waals surface area contributed by atoms with Gasteiger partial charge in [0.05, 0.1) is 13.2 Å². The van der Waals surface area contributed by atoms with Crippen molar-refractivity contribution in [2.75, 3.05) is 26.3 Å². The summed E-state index contributed by atoms with van der Waals surface area (Å²) in [5.41, 5.74) is 0.468. The molecule has 1 aliphatic carbocycles. The van der Waals surface area contributed by atoms with Crippen molar-refractivity contribution in [3.8, 4) is 11.5 Å². The Morgan fingerprint density at radius 3 is 2.38 bits per heavy atom. The van der Waals surface area contributed by atoms with Gasteiger partial charge >= 0.3 is 0 Å². The summed E-state index contributed by atoms with van der Waals surface area (Å²) in [5.74, 6) is 1.72. The molecule has 1 fully saturated rings. The minimum absolute atomic E-state index is 0.468. The molecule has 0 atom stereocenters. The van der Waals surface area contributed by atoms with Gasteiger partial charge in [-0.1, -0.05) is 25.5 Å². The Morgan fingerprint density at radius 1 is 1.10 bits per heavy atom. The monoisotopic (exact) mass is 291 g/mol. The highest BCUT2D eigenvalue weighted by molar-refractivity contribution is 5.39. The average molecular weight is 291 g/mol. The average Bonchev–Trinajstić information content (AvgIpc) is 2.46. The van der Waals surface area contributed by atoms with E-state index in [2.05, 4.69) is 12.2 Å². The van der Waals surface area contributed by atoms with E-state index in [1.807, 2.05) is 31.2 Å². The van der Waals surface area contributed by atoms with Gasteiger partial charge < -0.3 is 14.8 Å². The van der Waals surface area contributed by atoms with Crippen molar-refractivity contribution in [2.45, 2.75) is 46.0 Å². The van der Waals surface area contributed by atoms with Crippen LogP contribution in [0.3, 0.4) is 0 Å². The predicted octanol–water partition coefficient (Wildman–Crippen LogP) is 4.02. The first-order valence-electron chi connectivity index (χ1n) is 8.35. The minimum Gasteiger partial charge on any atom is -0.490 e. The summed E-state index contributed by atoms with van der Waals surface area (Å²) in [5, 5.41) is 3.58. The van der Waals surface area contributed by atoms with Crippen LogP contribution >= 0.6 is 0 Å². The van der Waals surface area contributed by atoms with Crippen LogP contribution in [-0.2, 0) is 0 Å². The maximum Gasteiger partial charge on any atom is 0.161 e. The molecule has 0 aromatic heterocycles. The van der Waals surface area contributed by atoms with Gasteiger partial charge in [-0.15, -0.1) is 0 Å². The van der Waals surface area contributed by atoms with E-state index in [-0.39, 0.29) is 0 Å². The van der Waals surface area contributed by atoms with E-state index in [1.54, 1.807) is 0 Å². The number of nitrogens with one attached hydrogen (secondary N) is 1. The second-order valence-corrected chi connectivity index (χ2v) is 6.01. The SMILES string of the molecule is CCCNCC1(CCOc2ccccc2OCC)CCC1. The molecule has 1 aromatic carbocycles. The maximum absolute atomic E-state index is 5.97. The molecule has 0 spiro atoms. The lowest BCUT2D eigenvalue weighted by atomic mass is 9.67. The highest BCUT2D eigenvalue weighted by Crippen LogP contribution is 2.43. The van der Waals surface area contributed by atoms with Crippen LogP contribution in [0.5, 0.6) is 11.5 Å². The van der Waals surface area contributed by atoms with Crippen molar-refractivity contribution >= 4 is 0 Å². The summed E-state index contributed by atoms with van der Waals surface area (Å²) in [6.07, 6.45) is 6.36. The fourth-order valence-electron chi connectivity index (χ4n) is 2.94. The quantitative estimate of drug-likeness (QED) is 0.660. The molecular weight excluding hydrogens is 262 g/mol. The predicted molar refractivity (Wildman–Crippen MR) is 87.2 cm³/mol. The maximum atomic E-state index is 5.97. The van der Waals surface area contributed by atoms with Crippen molar-refractivity contribution in [3.63, 3.8) is 0 Å². The molecule has 3 heteroatoms. The van der Waals surface area contributed by atoms with Crippen molar-refractivity contribution < 1.29 is 9.47 Å². The molecule has 0 aliphatic heterocycles. The Balaban J connectivity index is 1.80. The lowest BCUT2D eigenvalue weighted by Gasteiger charge is -2.42. The number of hydrogen-bond donors (Lipinski definition) is 1. The van der Waals surface area contributed by atoms with Crippen molar-refractivity contribution in [2.24, 2.45) is 5.41 Å². The normalized spacial score (nSPS) is 16.3. The molecule has 0 heterocycles. The first-order valence-corrected chi connectivity index (χ1v) is 8.35. The third kappa shape index (κ3) is 4.63. The molecule has 118 valence electrons. The molecule has 1 N–H and O–H groups in total. The number of benzene rings is 1. The molecule has 1 saturated carbocycles. The first-order chi connectivity index (χ1) is 10.3. The van der Waals surface area contributed by atoms with Crippen LogP contribution in [0.15, 0.2) is 24.3 Å². The number of para-hydroxylation sites is 2. The summed E-state index contributed by atoms with van der Waals surface area (Å²) in [7, 11) is 0. The number of ether oxygens (including phenoxy) is 2. The molecule has 2 rings (SSSR count). The Labute approximate surface area is 129 Å². The van der Waals surface area contributed by atoms with Gasteiger partial charge in [0.1, 0.15) is 0 Å². The van der Waals surface area contributed by atoms with Gasteiger partial charge in [0, 0.05) is 6.54 Å². The Kier molecular flexibility index (Phi) is 6.37. The van der Waals surface area contributed by atoms with Gasteiger partial charge in [0.15, 0.2) is 11.5 Å². The highest BCUT2D eigenvalue weighted by Gasteiger charge is 2.36. The fraction of sp³-hybridized carbons (Fsp3) is 0.667. The van der Waals surface area contributed by atoms with Crippen LogP contribution in [0, 0.1) is 5.41 Å². The molecule has 3 nitrogen and oxygen atoms in total. The molecule has 21 heavy (non-hydrogen) atoms. The Bertz CT molecular complexity index is 415. The van der Waals surface area contributed by atoms with Crippen molar-refractivity contribution in [1.29, 1.82) is 0 Å². The summed E-state index contributed by atoms with van der Waals surface area (Å²) in [4.78, 5) is 0. The molecule has 0 bridgehead atoms. The lowest BCUT2D eigenvalue weighted by molar-refractivity contribution is 0.0913. The third-order valence-corrected chi connectivity index (χ3v) is 4.38. The van der Waals surface area contributed by atoms with E-state index in [0.29, 0.717) is 12.0 Å². The zero-order valence-corrected chi connectivity index (χ0v) is 13.5. The van der Waals surface area contributed by atoms with E-state index < -0.39 is 0 Å². The highest BCUT2D eigenvalue weighted by atomic mass is 16.5. The largest absolute Gasteiger partial charge is 0.490 e. The molecule has 0 radical (unpaired) electrons. The summed E-state index contributed by atoms with van der Waals surface area (Å²) < 4.78 is 11.6. The first kappa shape index (κ1) is 16.2. The molecule has 1 aliphatic rings. The Morgan fingerprint density at radius 2 is 1.81 bits per heavy atom. The lowest BCUT2D eigenvalue weighted by Crippen LogP contribution is -2.41. The van der Waals surface area contributed by atoms with Gasteiger partial charge in [-0.2, -0.15) is 0 Å². The van der Waals surface area contributed by atoms with E-state index in [9.17, 15) is 0 Å². The van der Waals surface area contributed by atoms with E-state index in [0.717, 1.165) is 37.6 Å². The zero-order valence-electron chi connectivity index (χ0n) is 13.5. The van der Waals surface area contributed by atoms with E-state index in [1.165, 1.54) is 25.7 Å². The van der Waals surface area contributed by atoms with Gasteiger partial charge in [0.25, 0.3) is 0 Å². The fourth-order valence-corrected chi connectivity index (χ4v) is 2.94. The van der Waals surface area contributed by atoms with Gasteiger partial charge in [-0.25, -0.2) is 0 Å². The van der Waals surface area contributed by atoms with Crippen molar-refractivity contribution in [3.05, 3.63) is 24.3 Å². The Hall–Kier alpha value is -1.22. The van der Waals surface area contributed by atoms with Crippen LogP contribution in [0.1, 0.15) is 46.0 Å². The van der Waals surface area contributed by atoms with Crippen molar-refractivity contribution in [1.82, 2.24) is 5.32 Å². The summed E-state index contributed by atoms with van der Waals surface area (Å²) in [6, 6.07) is 7.95. The van der Waals surface area contributed by atoms with Gasteiger partial charge in [0.2, 0.25) is 0 Å². The molecule has 0 saturated heterocycles. The van der Waals surface area contributed by atoms with Crippen LogP contribution < -0.4 is 14.8 Å². The summed E-state index contributed by atoms with van der Waals surface area (Å²) in [6.45, 7) is 7.92. The number of rotatable bonds is 10.